The van der Waals surface area contributed by atoms with Gasteiger partial charge in [0, 0.05) is 5.92 Å². The van der Waals surface area contributed by atoms with Crippen molar-refractivity contribution in [2.75, 3.05) is 0 Å². The summed E-state index contributed by atoms with van der Waals surface area (Å²) < 4.78 is 12.5. The van der Waals surface area contributed by atoms with E-state index in [9.17, 15) is 9.18 Å². The van der Waals surface area contributed by atoms with Gasteiger partial charge < -0.3 is 0 Å². The number of benzene rings is 1. The zero-order valence-corrected chi connectivity index (χ0v) is 7.88. The Morgan fingerprint density at radius 1 is 1.38 bits per heavy atom. The number of rotatable bonds is 3. The van der Waals surface area contributed by atoms with E-state index >= 15 is 0 Å². The van der Waals surface area contributed by atoms with Gasteiger partial charge in [0.05, 0.1) is 0 Å². The second kappa shape index (κ2) is 4.17. The smallest absolute Gasteiger partial charge is 0.132 e. The van der Waals surface area contributed by atoms with Gasteiger partial charge in [-0.3, -0.25) is 4.79 Å². The summed E-state index contributed by atoms with van der Waals surface area (Å²) in [6, 6.07) is 6.27. The molecule has 0 aliphatic carbocycles. The first-order chi connectivity index (χ1) is 6.09. The van der Waals surface area contributed by atoms with Crippen molar-refractivity contribution in [2.45, 2.75) is 20.3 Å². The van der Waals surface area contributed by atoms with Gasteiger partial charge in [0.2, 0.25) is 0 Å². The van der Waals surface area contributed by atoms with Crippen LogP contribution in [0.15, 0.2) is 24.3 Å². The minimum absolute atomic E-state index is 0.0189. The van der Waals surface area contributed by atoms with Gasteiger partial charge in [-0.25, -0.2) is 4.39 Å². The monoisotopic (exact) mass is 180 g/mol. The predicted octanol–water partition coefficient (Wildman–Crippen LogP) is 2.59. The number of hydrogen-bond acceptors (Lipinski definition) is 1. The van der Waals surface area contributed by atoms with Crippen LogP contribution in [0, 0.1) is 11.7 Å². The van der Waals surface area contributed by atoms with Gasteiger partial charge in [-0.05, 0) is 31.0 Å². The van der Waals surface area contributed by atoms with Crippen LogP contribution in [0.1, 0.15) is 19.4 Å². The molecule has 0 saturated carbocycles. The van der Waals surface area contributed by atoms with E-state index < -0.39 is 0 Å². The van der Waals surface area contributed by atoms with Gasteiger partial charge in [0.25, 0.3) is 0 Å². The summed E-state index contributed by atoms with van der Waals surface area (Å²) in [6.45, 7) is 3.46. The highest BCUT2D eigenvalue weighted by Gasteiger charge is 2.07. The Bertz CT molecular complexity index is 289. The molecule has 0 aliphatic heterocycles. The third kappa shape index (κ3) is 2.98. The van der Waals surface area contributed by atoms with Crippen LogP contribution in [-0.2, 0) is 11.2 Å². The number of hydrogen-bond donors (Lipinski definition) is 0. The summed E-state index contributed by atoms with van der Waals surface area (Å²) in [5.41, 5.74) is 1.00. The molecule has 0 amide bonds. The quantitative estimate of drug-likeness (QED) is 0.698. The zero-order valence-electron chi connectivity index (χ0n) is 7.88. The average Bonchev–Trinajstić information content (AvgIpc) is 2.08. The average molecular weight is 180 g/mol. The Labute approximate surface area is 77.6 Å². The summed E-state index contributed by atoms with van der Waals surface area (Å²) in [5, 5.41) is 0. The molecule has 0 fully saturated rings. The van der Waals surface area contributed by atoms with Gasteiger partial charge in [0.15, 0.2) is 0 Å². The van der Waals surface area contributed by atoms with Crippen molar-refractivity contribution in [2.24, 2.45) is 5.92 Å². The maximum absolute atomic E-state index is 12.5. The first-order valence-corrected chi connectivity index (χ1v) is 4.34. The van der Waals surface area contributed by atoms with Crippen LogP contribution in [-0.4, -0.2) is 5.78 Å². The van der Waals surface area contributed by atoms with Crippen molar-refractivity contribution in [1.82, 2.24) is 0 Å². The van der Waals surface area contributed by atoms with Gasteiger partial charge in [0.1, 0.15) is 11.6 Å². The van der Waals surface area contributed by atoms with E-state index in [1.54, 1.807) is 19.1 Å². The highest BCUT2D eigenvalue weighted by atomic mass is 19.1. The van der Waals surface area contributed by atoms with Crippen molar-refractivity contribution in [3.05, 3.63) is 35.6 Å². The maximum atomic E-state index is 12.5. The van der Waals surface area contributed by atoms with Crippen molar-refractivity contribution in [3.8, 4) is 0 Å². The predicted molar refractivity (Wildman–Crippen MR) is 49.9 cm³/mol. The van der Waals surface area contributed by atoms with E-state index in [-0.39, 0.29) is 17.5 Å². The lowest BCUT2D eigenvalue weighted by molar-refractivity contribution is -0.120. The van der Waals surface area contributed by atoms with E-state index in [0.717, 1.165) is 5.56 Å². The number of Topliss-reactive ketones (excluding diaryl/α,β-unsaturated/α-hetero) is 1. The summed E-state index contributed by atoms with van der Waals surface area (Å²) >= 11 is 0. The molecule has 0 aromatic heterocycles. The Morgan fingerprint density at radius 2 is 1.92 bits per heavy atom. The van der Waals surface area contributed by atoms with Crippen LogP contribution >= 0.6 is 0 Å². The molecule has 1 aromatic carbocycles. The van der Waals surface area contributed by atoms with Crippen LogP contribution in [0.2, 0.25) is 0 Å². The third-order valence-corrected chi connectivity index (χ3v) is 2.15. The molecule has 1 aromatic rings. The summed E-state index contributed by atoms with van der Waals surface area (Å²) in [5.74, 6) is -0.0472. The first kappa shape index (κ1) is 9.90. The van der Waals surface area contributed by atoms with Gasteiger partial charge in [-0.1, -0.05) is 19.1 Å². The molecule has 0 saturated heterocycles. The second-order valence-electron chi connectivity index (χ2n) is 3.34. The molecule has 1 atom stereocenters. The number of halogens is 1. The lowest BCUT2D eigenvalue weighted by atomic mass is 9.98. The molecule has 2 heteroatoms. The summed E-state index contributed by atoms with van der Waals surface area (Å²) in [6.07, 6.45) is 0.690. The molecule has 0 bridgehead atoms. The first-order valence-electron chi connectivity index (χ1n) is 4.34. The second-order valence-corrected chi connectivity index (χ2v) is 3.34. The van der Waals surface area contributed by atoms with Gasteiger partial charge in [-0.15, -0.1) is 0 Å². The number of carbonyl (C=O) groups excluding carboxylic acids is 1. The van der Waals surface area contributed by atoms with Gasteiger partial charge >= 0.3 is 0 Å². The number of ketones is 1. The maximum Gasteiger partial charge on any atom is 0.132 e. The molecule has 1 nitrogen and oxygen atoms in total. The molecular weight excluding hydrogens is 167 g/mol. The van der Waals surface area contributed by atoms with E-state index in [0.29, 0.717) is 6.42 Å². The molecular formula is C11H13FO. The van der Waals surface area contributed by atoms with Crippen LogP contribution < -0.4 is 0 Å². The van der Waals surface area contributed by atoms with Crippen LogP contribution in [0.25, 0.3) is 0 Å². The van der Waals surface area contributed by atoms with Crippen molar-refractivity contribution in [1.29, 1.82) is 0 Å². The van der Waals surface area contributed by atoms with E-state index in [1.807, 2.05) is 6.92 Å². The minimum Gasteiger partial charge on any atom is -0.300 e. The molecule has 1 rings (SSSR count). The van der Waals surface area contributed by atoms with E-state index in [4.69, 9.17) is 0 Å². The molecule has 0 aliphatic rings. The van der Waals surface area contributed by atoms with Crippen molar-refractivity contribution < 1.29 is 9.18 Å². The van der Waals surface area contributed by atoms with E-state index in [1.165, 1.54) is 12.1 Å². The fourth-order valence-electron chi connectivity index (χ4n) is 1.12. The Balaban J connectivity index is 2.64. The standard InChI is InChI=1S/C11H13FO/c1-8(9(2)13)7-10-3-5-11(12)6-4-10/h3-6,8H,7H2,1-2H3/t8-/m1/s1. The SMILES string of the molecule is CC(=O)[C@H](C)Cc1ccc(F)cc1. The molecule has 70 valence electrons. The molecule has 0 heterocycles. The van der Waals surface area contributed by atoms with Crippen molar-refractivity contribution in [3.63, 3.8) is 0 Å². The topological polar surface area (TPSA) is 17.1 Å². The highest BCUT2D eigenvalue weighted by molar-refractivity contribution is 5.78. The van der Waals surface area contributed by atoms with Crippen molar-refractivity contribution >= 4 is 5.78 Å². The minimum atomic E-state index is -0.237. The largest absolute Gasteiger partial charge is 0.300 e. The fraction of sp³-hybridized carbons (Fsp3) is 0.364. The normalized spacial score (nSPS) is 12.5. The molecule has 0 spiro atoms. The van der Waals surface area contributed by atoms with E-state index in [2.05, 4.69) is 0 Å². The highest BCUT2D eigenvalue weighted by Crippen LogP contribution is 2.10. The van der Waals surface area contributed by atoms with Crippen LogP contribution in [0.4, 0.5) is 4.39 Å². The fourth-order valence-corrected chi connectivity index (χ4v) is 1.12. The van der Waals surface area contributed by atoms with Gasteiger partial charge in [-0.2, -0.15) is 0 Å². The molecule has 13 heavy (non-hydrogen) atoms. The Morgan fingerprint density at radius 3 is 2.38 bits per heavy atom. The third-order valence-electron chi connectivity index (χ3n) is 2.15. The lowest BCUT2D eigenvalue weighted by Crippen LogP contribution is -2.09. The Hall–Kier alpha value is -1.18. The lowest BCUT2D eigenvalue weighted by Gasteiger charge is -2.06. The molecule has 0 unspecified atom stereocenters. The number of carbonyl (C=O) groups is 1. The van der Waals surface area contributed by atoms with Crippen LogP contribution in [0.5, 0.6) is 0 Å². The summed E-state index contributed by atoms with van der Waals surface area (Å²) in [7, 11) is 0. The zero-order chi connectivity index (χ0) is 9.84. The molecule has 0 N–H and O–H groups in total. The Kier molecular flexibility index (Phi) is 3.18. The summed E-state index contributed by atoms with van der Waals surface area (Å²) in [4.78, 5) is 10.9. The molecule has 0 radical (unpaired) electrons. The van der Waals surface area contributed by atoms with Crippen LogP contribution in [0.3, 0.4) is 0 Å².